The molecule has 0 bridgehead atoms. The Kier molecular flexibility index (Phi) is 10.2. The SMILES string of the molecule is CN=C(NCC1CCC(C(F)(F)F)CC1)N1CCC(CC(=O)NC)CC1.I. The summed E-state index contributed by atoms with van der Waals surface area (Å²) in [5.41, 5.74) is 0. The second-order valence-corrected chi connectivity index (χ2v) is 7.50. The van der Waals surface area contributed by atoms with Crippen LogP contribution in [0.4, 0.5) is 13.2 Å². The van der Waals surface area contributed by atoms with Gasteiger partial charge in [0.05, 0.1) is 5.92 Å². The van der Waals surface area contributed by atoms with E-state index in [0.717, 1.165) is 31.9 Å². The fourth-order valence-electron chi connectivity index (χ4n) is 3.97. The fraction of sp³-hybridized carbons (Fsp3) is 0.889. The molecule has 0 radical (unpaired) electrons. The van der Waals surface area contributed by atoms with Crippen LogP contribution in [-0.4, -0.2) is 56.7 Å². The summed E-state index contributed by atoms with van der Waals surface area (Å²) in [4.78, 5) is 18.0. The number of alkyl halides is 3. The number of hydrogen-bond donors (Lipinski definition) is 2. The molecule has 2 N–H and O–H groups in total. The minimum absolute atomic E-state index is 0. The maximum absolute atomic E-state index is 12.7. The zero-order valence-corrected chi connectivity index (χ0v) is 18.5. The van der Waals surface area contributed by atoms with Gasteiger partial charge in [-0.05, 0) is 50.4 Å². The molecule has 2 aliphatic rings. The molecule has 2 rings (SSSR count). The van der Waals surface area contributed by atoms with Crippen LogP contribution in [0.1, 0.15) is 44.9 Å². The first-order valence-corrected chi connectivity index (χ1v) is 9.56. The van der Waals surface area contributed by atoms with Crippen molar-refractivity contribution in [2.24, 2.45) is 22.7 Å². The van der Waals surface area contributed by atoms with Crippen LogP contribution in [0.15, 0.2) is 4.99 Å². The van der Waals surface area contributed by atoms with Crippen LogP contribution in [0.2, 0.25) is 0 Å². The summed E-state index contributed by atoms with van der Waals surface area (Å²) in [6.45, 7) is 2.37. The van der Waals surface area contributed by atoms with E-state index < -0.39 is 12.1 Å². The Morgan fingerprint density at radius 1 is 1.07 bits per heavy atom. The van der Waals surface area contributed by atoms with Crippen LogP contribution < -0.4 is 10.6 Å². The molecule has 1 heterocycles. The van der Waals surface area contributed by atoms with Crippen LogP contribution in [0.5, 0.6) is 0 Å². The highest BCUT2D eigenvalue weighted by Crippen LogP contribution is 2.39. The van der Waals surface area contributed by atoms with Crippen molar-refractivity contribution in [2.45, 2.75) is 51.1 Å². The van der Waals surface area contributed by atoms with Gasteiger partial charge in [0, 0.05) is 40.2 Å². The predicted molar refractivity (Wildman–Crippen MR) is 111 cm³/mol. The number of halogens is 4. The minimum atomic E-state index is -4.05. The van der Waals surface area contributed by atoms with Crippen LogP contribution in [0.3, 0.4) is 0 Å². The highest BCUT2D eigenvalue weighted by atomic mass is 127. The van der Waals surface area contributed by atoms with E-state index in [1.54, 1.807) is 14.1 Å². The van der Waals surface area contributed by atoms with Crippen LogP contribution in [0, 0.1) is 17.8 Å². The number of hydrogen-bond acceptors (Lipinski definition) is 2. The smallest absolute Gasteiger partial charge is 0.359 e. The summed E-state index contributed by atoms with van der Waals surface area (Å²) < 4.78 is 38.2. The first-order valence-electron chi connectivity index (χ1n) is 9.56. The predicted octanol–water partition coefficient (Wildman–Crippen LogP) is 3.40. The molecule has 0 spiro atoms. The molecule has 27 heavy (non-hydrogen) atoms. The number of amides is 1. The summed E-state index contributed by atoms with van der Waals surface area (Å²) in [5, 5.41) is 6.01. The van der Waals surface area contributed by atoms with Crippen molar-refractivity contribution < 1.29 is 18.0 Å². The molecule has 1 amide bonds. The molecule has 2 fully saturated rings. The van der Waals surface area contributed by atoms with Gasteiger partial charge in [0.1, 0.15) is 0 Å². The zero-order valence-electron chi connectivity index (χ0n) is 16.1. The maximum Gasteiger partial charge on any atom is 0.391 e. The van der Waals surface area contributed by atoms with Crippen LogP contribution in [0.25, 0.3) is 0 Å². The topological polar surface area (TPSA) is 56.7 Å². The van der Waals surface area contributed by atoms with Crippen molar-refractivity contribution in [3.05, 3.63) is 0 Å². The summed E-state index contributed by atoms with van der Waals surface area (Å²) >= 11 is 0. The number of carbonyl (C=O) groups excluding carboxylic acids is 1. The van der Waals surface area contributed by atoms with Crippen molar-refractivity contribution in [3.63, 3.8) is 0 Å². The van der Waals surface area contributed by atoms with E-state index >= 15 is 0 Å². The molecule has 0 aromatic heterocycles. The first-order chi connectivity index (χ1) is 12.3. The Hall–Kier alpha value is -0.740. The lowest BCUT2D eigenvalue weighted by Gasteiger charge is -2.35. The quantitative estimate of drug-likeness (QED) is 0.351. The Balaban J connectivity index is 0.00000364. The lowest BCUT2D eigenvalue weighted by molar-refractivity contribution is -0.183. The van der Waals surface area contributed by atoms with Crippen molar-refractivity contribution >= 4 is 35.8 Å². The highest BCUT2D eigenvalue weighted by Gasteiger charge is 2.41. The number of carbonyl (C=O) groups is 1. The average Bonchev–Trinajstić information content (AvgIpc) is 2.63. The van der Waals surface area contributed by atoms with Gasteiger partial charge in [0.25, 0.3) is 0 Å². The van der Waals surface area contributed by atoms with Crippen LogP contribution >= 0.6 is 24.0 Å². The van der Waals surface area contributed by atoms with E-state index in [1.165, 1.54) is 0 Å². The van der Waals surface area contributed by atoms with E-state index in [2.05, 4.69) is 20.5 Å². The van der Waals surface area contributed by atoms with Gasteiger partial charge in [-0.1, -0.05) is 0 Å². The summed E-state index contributed by atoms with van der Waals surface area (Å²) in [6, 6.07) is 0. The molecule has 1 saturated heterocycles. The zero-order chi connectivity index (χ0) is 19.2. The number of rotatable bonds is 4. The van der Waals surface area contributed by atoms with Gasteiger partial charge in [0.2, 0.25) is 5.91 Å². The maximum atomic E-state index is 12.7. The lowest BCUT2D eigenvalue weighted by atomic mass is 9.81. The van der Waals surface area contributed by atoms with Gasteiger partial charge in [-0.2, -0.15) is 13.2 Å². The van der Waals surface area contributed by atoms with Gasteiger partial charge in [-0.3, -0.25) is 9.79 Å². The van der Waals surface area contributed by atoms with Gasteiger partial charge in [0.15, 0.2) is 5.96 Å². The minimum Gasteiger partial charge on any atom is -0.359 e. The Morgan fingerprint density at radius 2 is 1.67 bits per heavy atom. The van der Waals surface area contributed by atoms with Crippen molar-refractivity contribution in [1.29, 1.82) is 0 Å². The summed E-state index contributed by atoms with van der Waals surface area (Å²) in [6.07, 6.45) is 0.116. The van der Waals surface area contributed by atoms with Gasteiger partial charge in [-0.15, -0.1) is 24.0 Å². The monoisotopic (exact) mass is 504 g/mol. The van der Waals surface area contributed by atoms with Crippen LogP contribution in [-0.2, 0) is 4.79 Å². The Bertz CT molecular complexity index is 485. The second-order valence-electron chi connectivity index (χ2n) is 7.50. The second kappa shape index (κ2) is 11.3. The molecular formula is C18H32F3IN4O. The molecule has 1 aliphatic carbocycles. The largest absolute Gasteiger partial charge is 0.391 e. The van der Waals surface area contributed by atoms with Gasteiger partial charge < -0.3 is 15.5 Å². The average molecular weight is 504 g/mol. The molecule has 158 valence electrons. The molecule has 1 saturated carbocycles. The number of guanidine groups is 1. The Labute approximate surface area is 176 Å². The third-order valence-corrected chi connectivity index (χ3v) is 5.74. The van der Waals surface area contributed by atoms with Crippen molar-refractivity contribution in [3.8, 4) is 0 Å². The first kappa shape index (κ1) is 24.3. The number of piperidine rings is 1. The molecule has 0 unspecified atom stereocenters. The Morgan fingerprint density at radius 3 is 2.15 bits per heavy atom. The summed E-state index contributed by atoms with van der Waals surface area (Å²) in [5.74, 6) is 0.456. The van der Waals surface area contributed by atoms with E-state index in [-0.39, 0.29) is 48.6 Å². The molecular weight excluding hydrogens is 472 g/mol. The van der Waals surface area contributed by atoms with E-state index in [1.807, 2.05) is 0 Å². The third-order valence-electron chi connectivity index (χ3n) is 5.74. The number of nitrogens with one attached hydrogen (secondary N) is 2. The molecule has 0 aromatic carbocycles. The van der Waals surface area contributed by atoms with Gasteiger partial charge >= 0.3 is 6.18 Å². The number of aliphatic imine (C=N–C) groups is 1. The standard InChI is InChI=1S/C18H31F3N4O.HI/c1-22-16(26)11-13-7-9-25(10-8-13)17(23-2)24-12-14-3-5-15(6-4-14)18(19,20)21;/h13-15H,3-12H2,1-2H3,(H,22,26)(H,23,24);1H. The highest BCUT2D eigenvalue weighted by molar-refractivity contribution is 14.0. The lowest BCUT2D eigenvalue weighted by Crippen LogP contribution is -2.47. The molecule has 5 nitrogen and oxygen atoms in total. The van der Waals surface area contributed by atoms with E-state index in [4.69, 9.17) is 0 Å². The third kappa shape index (κ3) is 7.65. The fourth-order valence-corrected chi connectivity index (χ4v) is 3.97. The van der Waals surface area contributed by atoms with Crippen molar-refractivity contribution in [2.75, 3.05) is 33.7 Å². The summed E-state index contributed by atoms with van der Waals surface area (Å²) in [7, 11) is 3.39. The van der Waals surface area contributed by atoms with Crippen molar-refractivity contribution in [1.82, 2.24) is 15.5 Å². The molecule has 0 aromatic rings. The van der Waals surface area contributed by atoms with E-state index in [0.29, 0.717) is 31.7 Å². The molecule has 1 aliphatic heterocycles. The molecule has 9 heteroatoms. The normalized spacial score (nSPS) is 24.9. The van der Waals surface area contributed by atoms with E-state index in [9.17, 15) is 18.0 Å². The molecule has 0 atom stereocenters. The van der Waals surface area contributed by atoms with Gasteiger partial charge in [-0.25, -0.2) is 0 Å². The number of nitrogens with zero attached hydrogens (tertiary/aromatic N) is 2. The number of likely N-dealkylation sites (tertiary alicyclic amines) is 1.